The van der Waals surface area contributed by atoms with E-state index in [2.05, 4.69) is 335 Å². The summed E-state index contributed by atoms with van der Waals surface area (Å²) in [5.74, 6) is 0. The van der Waals surface area contributed by atoms with E-state index in [4.69, 9.17) is 0 Å². The van der Waals surface area contributed by atoms with Crippen LogP contribution < -0.4 is 19.6 Å². The summed E-state index contributed by atoms with van der Waals surface area (Å²) in [4.78, 5) is 10.1. The number of hydrogen-bond acceptors (Lipinski definition) is 4. The molecule has 0 saturated heterocycles. The molecular weight excluding hydrogens is 933 g/mol. The molecule has 0 bridgehead atoms. The Kier molecular flexibility index (Phi) is 11.4. The fraction of sp³-hybridized carbons (Fsp3) is 0.0137. The Labute approximate surface area is 451 Å². The van der Waals surface area contributed by atoms with Crippen LogP contribution in [0.3, 0.4) is 0 Å². The van der Waals surface area contributed by atoms with Gasteiger partial charge in [-0.15, -0.1) is 0 Å². The summed E-state index contributed by atoms with van der Waals surface area (Å²) >= 11 is 0. The van der Waals surface area contributed by atoms with Gasteiger partial charge < -0.3 is 19.6 Å². The molecule has 364 valence electrons. The average Bonchev–Trinajstić information content (AvgIpc) is 4.29. The van der Waals surface area contributed by atoms with E-state index < -0.39 is 5.41 Å². The van der Waals surface area contributed by atoms with Crippen molar-refractivity contribution in [2.75, 3.05) is 19.6 Å². The van der Waals surface area contributed by atoms with Crippen LogP contribution in [0.5, 0.6) is 0 Å². The first-order chi connectivity index (χ1) is 38.3. The van der Waals surface area contributed by atoms with E-state index in [9.17, 15) is 0 Å². The fourth-order valence-electron chi connectivity index (χ4n) is 12.2. The predicted molar refractivity (Wildman–Crippen MR) is 322 cm³/mol. The lowest BCUT2D eigenvalue weighted by molar-refractivity contribution is 0.658. The quantitative estimate of drug-likeness (QED) is 0.121. The lowest BCUT2D eigenvalue weighted by atomic mass is 9.61. The molecule has 1 unspecified atom stereocenters. The number of rotatable bonds is 12. The highest BCUT2D eigenvalue weighted by atomic mass is 15.3. The molecule has 10 aromatic carbocycles. The normalized spacial score (nSPS) is 15.7. The van der Waals surface area contributed by atoms with Crippen molar-refractivity contribution in [1.29, 1.82) is 0 Å². The number of hydrogen-bond donors (Lipinski definition) is 0. The van der Waals surface area contributed by atoms with Crippen LogP contribution >= 0.6 is 0 Å². The van der Waals surface area contributed by atoms with Gasteiger partial charge in [0.05, 0.1) is 28.2 Å². The van der Waals surface area contributed by atoms with E-state index in [1.165, 1.54) is 27.8 Å². The van der Waals surface area contributed by atoms with Gasteiger partial charge in [-0.1, -0.05) is 200 Å². The van der Waals surface area contributed by atoms with Crippen LogP contribution in [0.25, 0.3) is 23.3 Å². The molecule has 0 amide bonds. The second-order valence-corrected chi connectivity index (χ2v) is 19.6. The number of fused-ring (bicyclic) bond motifs is 8. The number of nitrogens with zero attached hydrogens (tertiary/aromatic N) is 4. The van der Waals surface area contributed by atoms with Gasteiger partial charge in [0.1, 0.15) is 0 Å². The Balaban J connectivity index is 1.25. The maximum Gasteiger partial charge on any atom is 0.0926 e. The largest absolute Gasteiger partial charge is 0.310 e. The first kappa shape index (κ1) is 45.5. The van der Waals surface area contributed by atoms with Gasteiger partial charge in [-0.05, 0) is 149 Å². The molecular formula is C73H52N4. The SMILES string of the molecule is C1=CC2(C3=Cc4ccccc4C3=C1)C1=Cc3cccc(N(c4ccccc4)c4ccccc4)c3C1=C(N(c1ccccc1)c1ccccc1)C(N(c1ccccc1)c1ccccc1)=C2N(c1ccccc1)c1ccccc1. The molecule has 0 radical (unpaired) electrons. The summed E-state index contributed by atoms with van der Waals surface area (Å²) < 4.78 is 0. The highest BCUT2D eigenvalue weighted by Gasteiger charge is 2.56. The predicted octanol–water partition coefficient (Wildman–Crippen LogP) is 19.0. The number of benzene rings is 10. The minimum atomic E-state index is -0.940. The van der Waals surface area contributed by atoms with Crippen LogP contribution in [-0.4, -0.2) is 0 Å². The molecule has 4 heteroatoms. The van der Waals surface area contributed by atoms with Crippen molar-refractivity contribution in [3.63, 3.8) is 0 Å². The van der Waals surface area contributed by atoms with Crippen LogP contribution in [-0.2, 0) is 0 Å². The van der Waals surface area contributed by atoms with Gasteiger partial charge in [-0.25, -0.2) is 0 Å². The average molecular weight is 985 g/mol. The lowest BCUT2D eigenvalue weighted by Crippen LogP contribution is -2.44. The molecule has 0 fully saturated rings. The molecule has 77 heavy (non-hydrogen) atoms. The van der Waals surface area contributed by atoms with Gasteiger partial charge in [0.2, 0.25) is 0 Å². The van der Waals surface area contributed by atoms with Crippen molar-refractivity contribution in [1.82, 2.24) is 0 Å². The smallest absolute Gasteiger partial charge is 0.0926 e. The van der Waals surface area contributed by atoms with Crippen molar-refractivity contribution < 1.29 is 0 Å². The van der Waals surface area contributed by atoms with Gasteiger partial charge in [-0.2, -0.15) is 0 Å². The Bertz CT molecular complexity index is 3840. The molecule has 0 heterocycles. The maximum atomic E-state index is 2.56. The third-order valence-electron chi connectivity index (χ3n) is 15.3. The highest BCUT2D eigenvalue weighted by Crippen LogP contribution is 2.68. The highest BCUT2D eigenvalue weighted by molar-refractivity contribution is 6.13. The zero-order valence-corrected chi connectivity index (χ0v) is 42.3. The maximum absolute atomic E-state index is 2.56. The van der Waals surface area contributed by atoms with Gasteiger partial charge in [0.25, 0.3) is 0 Å². The monoisotopic (exact) mass is 984 g/mol. The van der Waals surface area contributed by atoms with Crippen LogP contribution in [0, 0.1) is 5.41 Å². The molecule has 4 aliphatic rings. The zero-order chi connectivity index (χ0) is 51.1. The first-order valence-electron chi connectivity index (χ1n) is 26.4. The minimum Gasteiger partial charge on any atom is -0.310 e. The van der Waals surface area contributed by atoms with E-state index in [0.717, 1.165) is 85.0 Å². The third-order valence-corrected chi connectivity index (χ3v) is 15.3. The molecule has 0 aliphatic heterocycles. The van der Waals surface area contributed by atoms with Crippen molar-refractivity contribution in [3.8, 4) is 0 Å². The van der Waals surface area contributed by atoms with E-state index in [-0.39, 0.29) is 0 Å². The lowest BCUT2D eigenvalue weighted by Gasteiger charge is -2.51. The van der Waals surface area contributed by atoms with Crippen molar-refractivity contribution in [2.45, 2.75) is 0 Å². The fourth-order valence-corrected chi connectivity index (χ4v) is 12.2. The number of anilines is 9. The summed E-state index contributed by atoms with van der Waals surface area (Å²) in [5.41, 5.74) is 21.1. The summed E-state index contributed by atoms with van der Waals surface area (Å²) in [6.45, 7) is 0. The summed E-state index contributed by atoms with van der Waals surface area (Å²) in [5, 5.41) is 0. The molecule has 0 aromatic heterocycles. The topological polar surface area (TPSA) is 13.0 Å². The van der Waals surface area contributed by atoms with Crippen molar-refractivity contribution >= 4 is 74.5 Å². The third kappa shape index (κ3) is 7.61. The standard InChI is InChI=1S/C73H52N4/c1-9-31-55(32-10-1)74(56-33-11-2-12-34-56)67-49-27-30-54-52-66-69(68(54)67)70(75(57-35-13-3-14-36-57)58-37-15-4-16-38-58)71(76(59-39-17-5-18-40-59)60-41-19-6-20-42-60)72(77(61-43-21-7-22-44-61)62-45-23-8-24-46-62)73(66)50-28-48-64-63-47-26-25-29-53(63)51-65(64)73/h1-52H. The van der Waals surface area contributed by atoms with Crippen LogP contribution in [0.2, 0.25) is 0 Å². The molecule has 10 aromatic rings. The Morgan fingerprint density at radius 2 is 0.649 bits per heavy atom. The van der Waals surface area contributed by atoms with E-state index >= 15 is 0 Å². The molecule has 14 rings (SSSR count). The minimum absolute atomic E-state index is 0.940. The van der Waals surface area contributed by atoms with Gasteiger partial charge >= 0.3 is 0 Å². The van der Waals surface area contributed by atoms with E-state index in [0.29, 0.717) is 0 Å². The van der Waals surface area contributed by atoms with Gasteiger partial charge in [0, 0.05) is 56.6 Å². The van der Waals surface area contributed by atoms with E-state index in [1.54, 1.807) is 0 Å². The summed E-state index contributed by atoms with van der Waals surface area (Å²) in [7, 11) is 0. The van der Waals surface area contributed by atoms with Crippen LogP contribution in [0.15, 0.2) is 332 Å². The Morgan fingerprint density at radius 3 is 1.10 bits per heavy atom. The first-order valence-corrected chi connectivity index (χ1v) is 26.4. The zero-order valence-electron chi connectivity index (χ0n) is 42.3. The molecule has 0 N–H and O–H groups in total. The molecule has 4 nitrogen and oxygen atoms in total. The molecule has 1 spiro atoms. The summed E-state index contributed by atoms with van der Waals surface area (Å²) in [6, 6.07) is 103. The van der Waals surface area contributed by atoms with Crippen molar-refractivity contribution in [3.05, 3.63) is 354 Å². The molecule has 0 saturated carbocycles. The Hall–Kier alpha value is -10.2. The Morgan fingerprint density at radius 1 is 0.286 bits per heavy atom. The van der Waals surface area contributed by atoms with Crippen LogP contribution in [0.4, 0.5) is 51.2 Å². The van der Waals surface area contributed by atoms with E-state index in [1.807, 2.05) is 0 Å². The van der Waals surface area contributed by atoms with Gasteiger partial charge in [0.15, 0.2) is 0 Å². The summed E-state index contributed by atoms with van der Waals surface area (Å²) in [6.07, 6.45) is 12.2. The van der Waals surface area contributed by atoms with Crippen molar-refractivity contribution in [2.24, 2.45) is 5.41 Å². The van der Waals surface area contributed by atoms with Gasteiger partial charge in [-0.3, -0.25) is 0 Å². The number of para-hydroxylation sites is 8. The molecule has 1 atom stereocenters. The second kappa shape index (κ2) is 19.3. The second-order valence-electron chi connectivity index (χ2n) is 19.6. The number of allylic oxidation sites excluding steroid dienone is 5. The van der Waals surface area contributed by atoms with Crippen LogP contribution in [0.1, 0.15) is 22.3 Å². The molecule has 4 aliphatic carbocycles.